The summed E-state index contributed by atoms with van der Waals surface area (Å²) < 4.78 is 0. The Morgan fingerprint density at radius 1 is 1.50 bits per heavy atom. The molecule has 0 bridgehead atoms. The zero-order valence-corrected chi connectivity index (χ0v) is 6.41. The zero-order valence-electron chi connectivity index (χ0n) is 6.41. The van der Waals surface area contributed by atoms with E-state index < -0.39 is 0 Å². The molecule has 0 saturated heterocycles. The number of aliphatic hydroxyl groups excluding tert-OH is 1. The lowest BCUT2D eigenvalue weighted by Crippen LogP contribution is -1.85. The number of H-pyrrole nitrogens is 1. The number of hydrogen-bond donors (Lipinski definition) is 3. The molecule has 62 valence electrons. The summed E-state index contributed by atoms with van der Waals surface area (Å²) in [6.45, 7) is -0.0417. The van der Waals surface area contributed by atoms with Crippen molar-refractivity contribution in [2.75, 3.05) is 5.73 Å². The van der Waals surface area contributed by atoms with Crippen molar-refractivity contribution in [2.45, 2.75) is 6.61 Å². The lowest BCUT2D eigenvalue weighted by atomic mass is 10.2. The van der Waals surface area contributed by atoms with Crippen molar-refractivity contribution in [1.82, 2.24) is 10.2 Å². The van der Waals surface area contributed by atoms with Gasteiger partial charge < -0.3 is 10.8 Å². The molecule has 1 aromatic carbocycles. The summed E-state index contributed by atoms with van der Waals surface area (Å²) in [6.07, 6.45) is 0. The third-order valence-corrected chi connectivity index (χ3v) is 1.82. The first-order chi connectivity index (χ1) is 5.81. The van der Waals surface area contributed by atoms with E-state index in [1.807, 2.05) is 6.07 Å². The first-order valence-electron chi connectivity index (χ1n) is 3.64. The van der Waals surface area contributed by atoms with Crippen molar-refractivity contribution in [2.24, 2.45) is 0 Å². The highest BCUT2D eigenvalue weighted by Crippen LogP contribution is 2.18. The van der Waals surface area contributed by atoms with E-state index in [9.17, 15) is 0 Å². The number of rotatable bonds is 1. The van der Waals surface area contributed by atoms with Gasteiger partial charge in [0.1, 0.15) is 0 Å². The van der Waals surface area contributed by atoms with Gasteiger partial charge in [-0.3, -0.25) is 5.10 Å². The molecule has 0 radical (unpaired) electrons. The second kappa shape index (κ2) is 2.49. The number of nitrogens with two attached hydrogens (primary N) is 1. The predicted octanol–water partition coefficient (Wildman–Crippen LogP) is 0.637. The minimum Gasteiger partial charge on any atom is -0.399 e. The van der Waals surface area contributed by atoms with Crippen LogP contribution in [-0.4, -0.2) is 15.3 Å². The summed E-state index contributed by atoms with van der Waals surface area (Å²) in [5.74, 6) is 0. The van der Waals surface area contributed by atoms with Crippen LogP contribution in [0.5, 0.6) is 0 Å². The fourth-order valence-electron chi connectivity index (χ4n) is 1.20. The van der Waals surface area contributed by atoms with Gasteiger partial charge in [0.25, 0.3) is 0 Å². The van der Waals surface area contributed by atoms with Crippen LogP contribution < -0.4 is 5.73 Å². The third-order valence-electron chi connectivity index (χ3n) is 1.82. The molecule has 4 nitrogen and oxygen atoms in total. The number of aromatic amines is 1. The van der Waals surface area contributed by atoms with Crippen LogP contribution in [0.3, 0.4) is 0 Å². The smallest absolute Gasteiger partial charge is 0.0926 e. The highest BCUT2D eigenvalue weighted by atomic mass is 16.3. The van der Waals surface area contributed by atoms with Crippen molar-refractivity contribution in [3.05, 3.63) is 23.9 Å². The molecule has 4 heteroatoms. The third kappa shape index (κ3) is 0.931. The van der Waals surface area contributed by atoms with E-state index in [1.54, 1.807) is 12.1 Å². The SMILES string of the molecule is Nc1ccc2n[nH]c(CO)c2c1. The van der Waals surface area contributed by atoms with Crippen molar-refractivity contribution in [3.63, 3.8) is 0 Å². The van der Waals surface area contributed by atoms with E-state index >= 15 is 0 Å². The summed E-state index contributed by atoms with van der Waals surface area (Å²) in [6, 6.07) is 5.40. The fraction of sp³-hybridized carbons (Fsp3) is 0.125. The number of nitrogens with zero attached hydrogens (tertiary/aromatic N) is 1. The van der Waals surface area contributed by atoms with Crippen LogP contribution in [0.1, 0.15) is 5.69 Å². The summed E-state index contributed by atoms with van der Waals surface area (Å²) in [4.78, 5) is 0. The molecule has 1 aromatic heterocycles. The van der Waals surface area contributed by atoms with Gasteiger partial charge >= 0.3 is 0 Å². The van der Waals surface area contributed by atoms with Gasteiger partial charge in [0.15, 0.2) is 0 Å². The summed E-state index contributed by atoms with van der Waals surface area (Å²) in [5.41, 5.74) is 7.80. The first kappa shape index (κ1) is 7.12. The Balaban J connectivity index is 2.75. The standard InChI is InChI=1S/C8H9N3O/c9-5-1-2-7-6(3-5)8(4-12)11-10-7/h1-3,12H,4,9H2,(H,10,11). The molecule has 2 rings (SSSR count). The summed E-state index contributed by atoms with van der Waals surface area (Å²) in [7, 11) is 0. The maximum atomic E-state index is 8.90. The Morgan fingerprint density at radius 2 is 2.33 bits per heavy atom. The maximum absolute atomic E-state index is 8.90. The zero-order chi connectivity index (χ0) is 8.55. The number of hydrogen-bond acceptors (Lipinski definition) is 3. The van der Waals surface area contributed by atoms with Gasteiger partial charge in [-0.05, 0) is 18.2 Å². The van der Waals surface area contributed by atoms with Gasteiger partial charge in [0.05, 0.1) is 17.8 Å². The molecule has 1 heterocycles. The average molecular weight is 163 g/mol. The molecule has 0 aliphatic heterocycles. The molecule has 0 spiro atoms. The molecule has 0 aliphatic carbocycles. The van der Waals surface area contributed by atoms with Crippen molar-refractivity contribution in [1.29, 1.82) is 0 Å². The van der Waals surface area contributed by atoms with Gasteiger partial charge in [-0.2, -0.15) is 5.10 Å². The molecule has 0 unspecified atom stereocenters. The van der Waals surface area contributed by atoms with Gasteiger partial charge in [0, 0.05) is 11.1 Å². The molecule has 0 saturated carbocycles. The van der Waals surface area contributed by atoms with Crippen LogP contribution in [0.25, 0.3) is 10.9 Å². The monoisotopic (exact) mass is 163 g/mol. The van der Waals surface area contributed by atoms with E-state index in [1.165, 1.54) is 0 Å². The molecule has 4 N–H and O–H groups in total. The molecule has 0 atom stereocenters. The van der Waals surface area contributed by atoms with E-state index in [-0.39, 0.29) is 6.61 Å². The molecular formula is C8H9N3O. The number of benzene rings is 1. The predicted molar refractivity (Wildman–Crippen MR) is 46.4 cm³/mol. The quantitative estimate of drug-likeness (QED) is 0.540. The van der Waals surface area contributed by atoms with E-state index in [2.05, 4.69) is 10.2 Å². The number of aromatic nitrogens is 2. The average Bonchev–Trinajstić information content (AvgIpc) is 2.46. The Labute approximate surface area is 69.0 Å². The molecular weight excluding hydrogens is 154 g/mol. The lowest BCUT2D eigenvalue weighted by Gasteiger charge is -1.93. The second-order valence-electron chi connectivity index (χ2n) is 2.64. The highest BCUT2D eigenvalue weighted by molar-refractivity contribution is 5.84. The number of aliphatic hydroxyl groups is 1. The highest BCUT2D eigenvalue weighted by Gasteiger charge is 2.02. The van der Waals surface area contributed by atoms with Crippen LogP contribution in [0, 0.1) is 0 Å². The fourth-order valence-corrected chi connectivity index (χ4v) is 1.20. The lowest BCUT2D eigenvalue weighted by molar-refractivity contribution is 0.278. The number of anilines is 1. The Hall–Kier alpha value is -1.55. The van der Waals surface area contributed by atoms with Crippen LogP contribution >= 0.6 is 0 Å². The Kier molecular flexibility index (Phi) is 1.48. The van der Waals surface area contributed by atoms with E-state index in [0.717, 1.165) is 10.9 Å². The molecule has 0 fully saturated rings. The van der Waals surface area contributed by atoms with Crippen molar-refractivity contribution < 1.29 is 5.11 Å². The minimum absolute atomic E-state index is 0.0417. The molecule has 0 aliphatic rings. The van der Waals surface area contributed by atoms with E-state index in [4.69, 9.17) is 10.8 Å². The maximum Gasteiger partial charge on any atom is 0.0926 e. The summed E-state index contributed by atoms with van der Waals surface area (Å²) in [5, 5.41) is 16.5. The van der Waals surface area contributed by atoms with Crippen LogP contribution in [-0.2, 0) is 6.61 Å². The summed E-state index contributed by atoms with van der Waals surface area (Å²) >= 11 is 0. The molecule has 0 amide bonds. The van der Waals surface area contributed by atoms with Crippen molar-refractivity contribution in [3.8, 4) is 0 Å². The van der Waals surface area contributed by atoms with Crippen LogP contribution in [0.2, 0.25) is 0 Å². The Bertz CT molecular complexity index is 408. The van der Waals surface area contributed by atoms with Gasteiger partial charge in [-0.25, -0.2) is 0 Å². The van der Waals surface area contributed by atoms with Gasteiger partial charge in [0.2, 0.25) is 0 Å². The van der Waals surface area contributed by atoms with Crippen molar-refractivity contribution >= 4 is 16.6 Å². The second-order valence-corrected chi connectivity index (χ2v) is 2.64. The number of nitrogens with one attached hydrogen (secondary N) is 1. The van der Waals surface area contributed by atoms with Crippen LogP contribution in [0.4, 0.5) is 5.69 Å². The first-order valence-corrected chi connectivity index (χ1v) is 3.64. The molecule has 2 aromatic rings. The number of nitrogen functional groups attached to an aromatic ring is 1. The van der Waals surface area contributed by atoms with E-state index in [0.29, 0.717) is 11.4 Å². The largest absolute Gasteiger partial charge is 0.399 e. The topological polar surface area (TPSA) is 74.9 Å². The number of fused-ring (bicyclic) bond motifs is 1. The normalized spacial score (nSPS) is 10.8. The minimum atomic E-state index is -0.0417. The van der Waals surface area contributed by atoms with Gasteiger partial charge in [-0.1, -0.05) is 0 Å². The van der Waals surface area contributed by atoms with Crippen LogP contribution in [0.15, 0.2) is 18.2 Å². The molecule has 12 heavy (non-hydrogen) atoms. The Morgan fingerprint density at radius 3 is 3.08 bits per heavy atom. The van der Waals surface area contributed by atoms with Gasteiger partial charge in [-0.15, -0.1) is 0 Å².